The van der Waals surface area contributed by atoms with Gasteiger partial charge in [-0.15, -0.1) is 6.58 Å². The van der Waals surface area contributed by atoms with Gasteiger partial charge in [0.25, 0.3) is 0 Å². The second-order valence-corrected chi connectivity index (χ2v) is 7.70. The summed E-state index contributed by atoms with van der Waals surface area (Å²) in [7, 11) is -0.537. The van der Waals surface area contributed by atoms with Gasteiger partial charge in [-0.3, -0.25) is 13.6 Å². The molecule has 140 valence electrons. The maximum absolute atomic E-state index is 12.4. The molecule has 0 bridgehead atoms. The summed E-state index contributed by atoms with van der Waals surface area (Å²) >= 11 is 0. The molecule has 0 aliphatic carbocycles. The van der Waals surface area contributed by atoms with Gasteiger partial charge in [0.2, 0.25) is 0 Å². The molecule has 0 N–H and O–H groups in total. The quantitative estimate of drug-likeness (QED) is 0.366. The number of hydrogen-bond donors (Lipinski definition) is 0. The van der Waals surface area contributed by atoms with E-state index in [1.54, 1.807) is 13.2 Å². The van der Waals surface area contributed by atoms with Crippen molar-refractivity contribution in [2.75, 3.05) is 20.8 Å². The van der Waals surface area contributed by atoms with Crippen LogP contribution >= 0.6 is 7.82 Å². The second kappa shape index (κ2) is 9.51. The first-order valence-electron chi connectivity index (χ1n) is 8.35. The van der Waals surface area contributed by atoms with E-state index in [9.17, 15) is 4.57 Å². The fourth-order valence-electron chi connectivity index (χ4n) is 2.56. The minimum Gasteiger partial charge on any atom is -0.497 e. The average Bonchev–Trinajstić information content (AvgIpc) is 2.64. The van der Waals surface area contributed by atoms with Gasteiger partial charge in [0.1, 0.15) is 5.75 Å². The van der Waals surface area contributed by atoms with Crippen LogP contribution in [0.3, 0.4) is 0 Å². The minimum absolute atomic E-state index is 0.0649. The van der Waals surface area contributed by atoms with Crippen molar-refractivity contribution in [2.45, 2.75) is 38.6 Å². The Morgan fingerprint density at radius 2 is 2.04 bits per heavy atom. The number of hydrogen-bond acceptors (Lipinski definition) is 6. The molecule has 1 aromatic rings. The second-order valence-electron chi connectivity index (χ2n) is 6.02. The van der Waals surface area contributed by atoms with Crippen molar-refractivity contribution in [3.05, 3.63) is 42.5 Å². The molecule has 1 fully saturated rings. The van der Waals surface area contributed by atoms with Gasteiger partial charge in [-0.2, -0.15) is 0 Å². The van der Waals surface area contributed by atoms with Crippen LogP contribution in [0.4, 0.5) is 0 Å². The highest BCUT2D eigenvalue weighted by Gasteiger charge is 2.40. The fraction of sp³-hybridized carbons (Fsp3) is 0.556. The lowest BCUT2D eigenvalue weighted by molar-refractivity contribution is -0.0297. The zero-order valence-corrected chi connectivity index (χ0v) is 15.9. The predicted molar refractivity (Wildman–Crippen MR) is 95.6 cm³/mol. The molecule has 1 aliphatic heterocycles. The van der Waals surface area contributed by atoms with E-state index in [2.05, 4.69) is 6.58 Å². The first-order chi connectivity index (χ1) is 12.0. The topological polar surface area (TPSA) is 63.2 Å². The Morgan fingerprint density at radius 1 is 1.32 bits per heavy atom. The van der Waals surface area contributed by atoms with E-state index < -0.39 is 7.82 Å². The molecule has 25 heavy (non-hydrogen) atoms. The summed E-state index contributed by atoms with van der Waals surface area (Å²) in [4.78, 5) is 0. The molecular weight excluding hydrogens is 343 g/mol. The van der Waals surface area contributed by atoms with E-state index in [1.165, 1.54) is 7.11 Å². The first-order valence-corrected chi connectivity index (χ1v) is 9.81. The lowest BCUT2D eigenvalue weighted by Gasteiger charge is -2.35. The van der Waals surface area contributed by atoms with Crippen molar-refractivity contribution in [2.24, 2.45) is 5.92 Å². The summed E-state index contributed by atoms with van der Waals surface area (Å²) < 4.78 is 39.2. The number of phosphoric acid groups is 1. The third-order valence-corrected chi connectivity index (χ3v) is 5.76. The zero-order valence-electron chi connectivity index (χ0n) is 15.1. The standard InChI is InChI=1S/C18H27O6P/c1-5-14(2)18-12-17(23-25(19,21-4)24-18)10-11-22-13-15-6-8-16(20-3)9-7-15/h5-9,14,17-18H,1,10-13H2,2-4H3/t14-,17-,18+,25?/m1/s1. The van der Waals surface area contributed by atoms with Crippen molar-refractivity contribution in [1.29, 1.82) is 0 Å². The molecule has 0 radical (unpaired) electrons. The molecule has 0 spiro atoms. The molecular formula is C18H27O6P. The minimum atomic E-state index is -3.51. The molecule has 1 saturated heterocycles. The number of benzene rings is 1. The average molecular weight is 370 g/mol. The monoisotopic (exact) mass is 370 g/mol. The molecule has 0 aromatic heterocycles. The van der Waals surface area contributed by atoms with E-state index in [1.807, 2.05) is 31.2 Å². The van der Waals surface area contributed by atoms with Crippen LogP contribution in [0, 0.1) is 5.92 Å². The van der Waals surface area contributed by atoms with Crippen molar-refractivity contribution in [1.82, 2.24) is 0 Å². The van der Waals surface area contributed by atoms with Gasteiger partial charge in [0.15, 0.2) is 0 Å². The van der Waals surface area contributed by atoms with Gasteiger partial charge in [-0.25, -0.2) is 4.57 Å². The lowest BCUT2D eigenvalue weighted by Crippen LogP contribution is -2.33. The van der Waals surface area contributed by atoms with Gasteiger partial charge >= 0.3 is 7.82 Å². The van der Waals surface area contributed by atoms with Crippen molar-refractivity contribution in [3.63, 3.8) is 0 Å². The van der Waals surface area contributed by atoms with Crippen LogP contribution in [0.15, 0.2) is 36.9 Å². The van der Waals surface area contributed by atoms with Crippen LogP contribution in [-0.4, -0.2) is 33.0 Å². The zero-order chi connectivity index (χ0) is 18.3. The van der Waals surface area contributed by atoms with E-state index in [0.717, 1.165) is 11.3 Å². The van der Waals surface area contributed by atoms with Crippen molar-refractivity contribution < 1.29 is 27.6 Å². The molecule has 0 amide bonds. The van der Waals surface area contributed by atoms with Crippen molar-refractivity contribution in [3.8, 4) is 5.75 Å². The Balaban J connectivity index is 1.81. The van der Waals surface area contributed by atoms with Crippen LogP contribution in [0.1, 0.15) is 25.3 Å². The van der Waals surface area contributed by atoms with Crippen molar-refractivity contribution >= 4 is 7.82 Å². The van der Waals surface area contributed by atoms with Gasteiger partial charge in [0.05, 0.1) is 25.9 Å². The summed E-state index contributed by atoms with van der Waals surface area (Å²) in [5.41, 5.74) is 1.06. The predicted octanol–water partition coefficient (Wildman–Crippen LogP) is 4.35. The molecule has 2 rings (SSSR count). The van der Waals surface area contributed by atoms with Crippen LogP contribution in [0.2, 0.25) is 0 Å². The summed E-state index contributed by atoms with van der Waals surface area (Å²) in [5.74, 6) is 0.882. The van der Waals surface area contributed by atoms with Gasteiger partial charge in [-0.05, 0) is 24.1 Å². The lowest BCUT2D eigenvalue weighted by atomic mass is 9.98. The smallest absolute Gasteiger partial charge is 0.475 e. The van der Waals surface area contributed by atoms with Crippen LogP contribution in [0.25, 0.3) is 0 Å². The summed E-state index contributed by atoms with van der Waals surface area (Å²) in [5, 5.41) is 0. The van der Waals surface area contributed by atoms with Crippen LogP contribution < -0.4 is 4.74 Å². The number of methoxy groups -OCH3 is 1. The van der Waals surface area contributed by atoms with Gasteiger partial charge < -0.3 is 9.47 Å². The molecule has 1 unspecified atom stereocenters. The number of ether oxygens (including phenoxy) is 2. The Morgan fingerprint density at radius 3 is 2.64 bits per heavy atom. The molecule has 7 heteroatoms. The summed E-state index contributed by atoms with van der Waals surface area (Å²) in [6.07, 6.45) is 2.57. The van der Waals surface area contributed by atoms with Gasteiger partial charge in [-0.1, -0.05) is 25.1 Å². The third kappa shape index (κ3) is 5.94. The Hall–Kier alpha value is -1.17. The molecule has 4 atom stereocenters. The van der Waals surface area contributed by atoms with Crippen LogP contribution in [-0.2, 0) is 29.5 Å². The highest BCUT2D eigenvalue weighted by atomic mass is 31.2. The number of rotatable bonds is 9. The number of phosphoric ester groups is 1. The molecule has 1 aliphatic rings. The molecule has 0 saturated carbocycles. The van der Waals surface area contributed by atoms with Gasteiger partial charge in [0, 0.05) is 26.1 Å². The third-order valence-electron chi connectivity index (χ3n) is 4.23. The molecule has 1 aromatic carbocycles. The summed E-state index contributed by atoms with van der Waals surface area (Å²) in [6, 6.07) is 7.72. The Kier molecular flexibility index (Phi) is 7.66. The van der Waals surface area contributed by atoms with E-state index in [0.29, 0.717) is 26.1 Å². The summed E-state index contributed by atoms with van der Waals surface area (Å²) in [6.45, 7) is 6.74. The largest absolute Gasteiger partial charge is 0.497 e. The Labute approximate surface area is 149 Å². The highest BCUT2D eigenvalue weighted by Crippen LogP contribution is 2.56. The normalized spacial score (nSPS) is 27.6. The Bertz CT molecular complexity index is 588. The molecule has 6 nitrogen and oxygen atoms in total. The maximum atomic E-state index is 12.4. The fourth-order valence-corrected chi connectivity index (χ4v) is 3.95. The first kappa shape index (κ1) is 20.1. The molecule has 1 heterocycles. The van der Waals surface area contributed by atoms with E-state index in [4.69, 9.17) is 23.0 Å². The van der Waals surface area contributed by atoms with Crippen LogP contribution in [0.5, 0.6) is 5.75 Å². The van der Waals surface area contributed by atoms with E-state index >= 15 is 0 Å². The SMILES string of the molecule is C=C[C@@H](C)[C@@H]1C[C@@H](CCOCc2ccc(OC)cc2)OP(=O)(OC)O1. The maximum Gasteiger partial charge on any atom is 0.475 e. The van der Waals surface area contributed by atoms with E-state index in [-0.39, 0.29) is 18.1 Å². The highest BCUT2D eigenvalue weighted by molar-refractivity contribution is 7.48.